The number of nitrogens with one attached hydrogen (secondary N) is 1. The monoisotopic (exact) mass is 298 g/mol. The molecule has 0 heterocycles. The Balaban J connectivity index is 3.14. The molecule has 1 rings (SSSR count). The molecule has 1 aromatic carbocycles. The van der Waals surface area contributed by atoms with Gasteiger partial charge in [0.1, 0.15) is 5.88 Å². The van der Waals surface area contributed by atoms with Gasteiger partial charge in [0.25, 0.3) is 5.69 Å². The van der Waals surface area contributed by atoms with E-state index in [1.54, 1.807) is 0 Å². The highest BCUT2D eigenvalue weighted by molar-refractivity contribution is 6.29. The minimum Gasteiger partial charge on any atom is -0.404 e. The Hall–Kier alpha value is -2.03. The van der Waals surface area contributed by atoms with Crippen LogP contribution in [-0.4, -0.2) is 23.1 Å². The average molecular weight is 299 g/mol. The molecule has 0 saturated heterocycles. The summed E-state index contributed by atoms with van der Waals surface area (Å²) in [6, 6.07) is 2.29. The molecule has 6 nitrogen and oxygen atoms in total. The van der Waals surface area contributed by atoms with Crippen LogP contribution >= 0.6 is 11.6 Å². The number of amides is 1. The molecule has 10 heteroatoms. The largest absolute Gasteiger partial charge is 0.573 e. The molecule has 0 atom stereocenters. The van der Waals surface area contributed by atoms with Crippen molar-refractivity contribution in [1.29, 1.82) is 0 Å². The SMILES string of the molecule is O=C(CCl)Nc1cc([N+](=O)[O-])ccc1OC(F)(F)F. The molecule has 0 aromatic heterocycles. The second-order valence-corrected chi connectivity index (χ2v) is 3.43. The topological polar surface area (TPSA) is 81.5 Å². The first-order valence-electron chi connectivity index (χ1n) is 4.63. The summed E-state index contributed by atoms with van der Waals surface area (Å²) in [5, 5.41) is 12.5. The lowest BCUT2D eigenvalue weighted by molar-refractivity contribution is -0.384. The summed E-state index contributed by atoms with van der Waals surface area (Å²) in [5.74, 6) is -2.11. The highest BCUT2D eigenvalue weighted by atomic mass is 35.5. The van der Waals surface area contributed by atoms with Crippen LogP contribution in [-0.2, 0) is 4.79 Å². The quantitative estimate of drug-likeness (QED) is 0.526. The van der Waals surface area contributed by atoms with Gasteiger partial charge in [0, 0.05) is 12.1 Å². The molecule has 1 aromatic rings. The van der Waals surface area contributed by atoms with E-state index in [4.69, 9.17) is 11.6 Å². The number of hydrogen-bond donors (Lipinski definition) is 1. The number of carbonyl (C=O) groups excluding carboxylic acids is 1. The summed E-state index contributed by atoms with van der Waals surface area (Å²) < 4.78 is 39.9. The second-order valence-electron chi connectivity index (χ2n) is 3.17. The van der Waals surface area contributed by atoms with Gasteiger partial charge in [-0.15, -0.1) is 24.8 Å². The second kappa shape index (κ2) is 5.74. The van der Waals surface area contributed by atoms with Crippen molar-refractivity contribution in [2.45, 2.75) is 6.36 Å². The molecule has 0 radical (unpaired) electrons. The van der Waals surface area contributed by atoms with Gasteiger partial charge in [0.05, 0.1) is 10.6 Å². The van der Waals surface area contributed by atoms with Gasteiger partial charge in [0.2, 0.25) is 5.91 Å². The number of non-ortho nitro benzene ring substituents is 1. The summed E-state index contributed by atoms with van der Waals surface area (Å²) >= 11 is 5.18. The van der Waals surface area contributed by atoms with Gasteiger partial charge in [-0.25, -0.2) is 0 Å². The Morgan fingerprint density at radius 3 is 2.58 bits per heavy atom. The van der Waals surface area contributed by atoms with Crippen LogP contribution in [0, 0.1) is 10.1 Å². The van der Waals surface area contributed by atoms with Gasteiger partial charge >= 0.3 is 6.36 Å². The Labute approximate surface area is 109 Å². The minimum absolute atomic E-state index is 0.489. The van der Waals surface area contributed by atoms with Gasteiger partial charge in [-0.3, -0.25) is 14.9 Å². The maximum absolute atomic E-state index is 12.1. The normalized spacial score (nSPS) is 10.9. The highest BCUT2D eigenvalue weighted by Gasteiger charge is 2.32. The van der Waals surface area contributed by atoms with E-state index in [-0.39, 0.29) is 0 Å². The van der Waals surface area contributed by atoms with E-state index >= 15 is 0 Å². The first kappa shape index (κ1) is 15.0. The van der Waals surface area contributed by atoms with Crippen molar-refractivity contribution in [3.63, 3.8) is 0 Å². The Morgan fingerprint density at radius 1 is 1.47 bits per heavy atom. The molecule has 1 N–H and O–H groups in total. The van der Waals surface area contributed by atoms with Gasteiger partial charge < -0.3 is 10.1 Å². The summed E-state index contributed by atoms with van der Waals surface area (Å²) in [7, 11) is 0. The molecular formula is C9H6ClF3N2O4. The van der Waals surface area contributed by atoms with E-state index in [2.05, 4.69) is 4.74 Å². The number of alkyl halides is 4. The minimum atomic E-state index is -4.99. The van der Waals surface area contributed by atoms with E-state index < -0.39 is 40.2 Å². The molecule has 0 unspecified atom stereocenters. The third-order valence-electron chi connectivity index (χ3n) is 1.80. The number of nitro groups is 1. The molecule has 19 heavy (non-hydrogen) atoms. The fourth-order valence-corrected chi connectivity index (χ4v) is 1.19. The number of benzene rings is 1. The number of carbonyl (C=O) groups is 1. The van der Waals surface area contributed by atoms with Crippen LogP contribution in [0.25, 0.3) is 0 Å². The fourth-order valence-electron chi connectivity index (χ4n) is 1.13. The van der Waals surface area contributed by atoms with E-state index in [1.807, 2.05) is 5.32 Å². The molecule has 0 aliphatic heterocycles. The van der Waals surface area contributed by atoms with Crippen molar-refractivity contribution in [2.75, 3.05) is 11.2 Å². The van der Waals surface area contributed by atoms with Crippen molar-refractivity contribution in [3.8, 4) is 5.75 Å². The summed E-state index contributed by atoms with van der Waals surface area (Å²) in [5.41, 5.74) is -0.989. The van der Waals surface area contributed by atoms with Crippen molar-refractivity contribution in [1.82, 2.24) is 0 Å². The van der Waals surface area contributed by atoms with Gasteiger partial charge in [0.15, 0.2) is 5.75 Å². The number of nitrogens with zero attached hydrogens (tertiary/aromatic N) is 1. The van der Waals surface area contributed by atoms with Crippen LogP contribution in [0.15, 0.2) is 18.2 Å². The highest BCUT2D eigenvalue weighted by Crippen LogP contribution is 2.33. The molecule has 0 fully saturated rings. The van der Waals surface area contributed by atoms with Gasteiger partial charge in [-0.2, -0.15) is 0 Å². The number of nitro benzene ring substituents is 1. The summed E-state index contributed by atoms with van der Waals surface area (Å²) in [6.07, 6.45) is -4.99. The third-order valence-corrected chi connectivity index (χ3v) is 2.04. The van der Waals surface area contributed by atoms with Crippen LogP contribution in [0.4, 0.5) is 24.5 Å². The lowest BCUT2D eigenvalue weighted by atomic mass is 10.2. The smallest absolute Gasteiger partial charge is 0.404 e. The van der Waals surface area contributed by atoms with Crippen LogP contribution in [0.3, 0.4) is 0 Å². The Bertz CT molecular complexity index is 507. The first-order chi connectivity index (χ1) is 8.73. The Morgan fingerprint density at radius 2 is 2.11 bits per heavy atom. The number of halogens is 4. The number of hydrogen-bond acceptors (Lipinski definition) is 4. The predicted octanol–water partition coefficient (Wildman–Crippen LogP) is 2.67. The van der Waals surface area contributed by atoms with E-state index in [9.17, 15) is 28.1 Å². The summed E-state index contributed by atoms with van der Waals surface area (Å²) in [4.78, 5) is 20.7. The zero-order chi connectivity index (χ0) is 14.6. The maximum atomic E-state index is 12.1. The van der Waals surface area contributed by atoms with Gasteiger partial charge in [-0.1, -0.05) is 0 Å². The van der Waals surface area contributed by atoms with E-state index in [0.29, 0.717) is 0 Å². The average Bonchev–Trinajstić information content (AvgIpc) is 2.29. The van der Waals surface area contributed by atoms with Crippen molar-refractivity contribution in [2.24, 2.45) is 0 Å². The zero-order valence-corrected chi connectivity index (χ0v) is 9.79. The van der Waals surface area contributed by atoms with Crippen molar-refractivity contribution >= 4 is 28.9 Å². The van der Waals surface area contributed by atoms with Crippen molar-refractivity contribution in [3.05, 3.63) is 28.3 Å². The molecule has 0 aliphatic rings. The standard InChI is InChI=1S/C9H6ClF3N2O4/c10-4-8(16)14-6-3-5(15(17)18)1-2-7(6)19-9(11,12)13/h1-3H,4H2,(H,14,16). The lowest BCUT2D eigenvalue weighted by Gasteiger charge is -2.13. The fraction of sp³-hybridized carbons (Fsp3) is 0.222. The Kier molecular flexibility index (Phi) is 4.54. The van der Waals surface area contributed by atoms with E-state index in [0.717, 1.165) is 18.2 Å². The number of anilines is 1. The van der Waals surface area contributed by atoms with Gasteiger partial charge in [-0.05, 0) is 6.07 Å². The molecular weight excluding hydrogens is 293 g/mol. The maximum Gasteiger partial charge on any atom is 0.573 e. The molecule has 0 spiro atoms. The number of ether oxygens (including phenoxy) is 1. The molecule has 1 amide bonds. The molecule has 0 saturated carbocycles. The third kappa shape index (κ3) is 4.62. The molecule has 0 aliphatic carbocycles. The predicted molar refractivity (Wildman–Crippen MR) is 59.1 cm³/mol. The molecule has 104 valence electrons. The van der Waals surface area contributed by atoms with Crippen LogP contribution in [0.1, 0.15) is 0 Å². The van der Waals surface area contributed by atoms with Crippen LogP contribution in [0.2, 0.25) is 0 Å². The van der Waals surface area contributed by atoms with Crippen LogP contribution < -0.4 is 10.1 Å². The first-order valence-corrected chi connectivity index (χ1v) is 5.16. The molecule has 0 bridgehead atoms. The van der Waals surface area contributed by atoms with E-state index in [1.165, 1.54) is 0 Å². The summed E-state index contributed by atoms with van der Waals surface area (Å²) in [6.45, 7) is 0. The van der Waals surface area contributed by atoms with Crippen LogP contribution in [0.5, 0.6) is 5.75 Å². The lowest BCUT2D eigenvalue weighted by Crippen LogP contribution is -2.20. The zero-order valence-electron chi connectivity index (χ0n) is 9.03. The van der Waals surface area contributed by atoms with Crippen molar-refractivity contribution < 1.29 is 27.6 Å². The number of rotatable bonds is 4.